The van der Waals surface area contributed by atoms with E-state index in [1.165, 1.54) is 30.5 Å². The molecule has 7 heteroatoms. The highest BCUT2D eigenvalue weighted by atomic mass is 35.5. The van der Waals surface area contributed by atoms with Crippen LogP contribution in [0.2, 0.25) is 5.02 Å². The van der Waals surface area contributed by atoms with Gasteiger partial charge in [0.25, 0.3) is 0 Å². The summed E-state index contributed by atoms with van der Waals surface area (Å²) in [6.07, 6.45) is 1.75. The predicted molar refractivity (Wildman–Crippen MR) is 79.9 cm³/mol. The van der Waals surface area contributed by atoms with E-state index in [0.717, 1.165) is 0 Å². The molecule has 0 bridgehead atoms. The molecule has 116 valence electrons. The Morgan fingerprint density at radius 1 is 1.45 bits per heavy atom. The molecule has 0 unspecified atom stereocenters. The highest BCUT2D eigenvalue weighted by Crippen LogP contribution is 2.35. The number of hydrogen-bond acceptors (Lipinski definition) is 4. The summed E-state index contributed by atoms with van der Waals surface area (Å²) < 4.78 is 19.9. The second kappa shape index (κ2) is 6.72. The molecule has 0 fully saturated rings. The maximum atomic E-state index is 14.5. The van der Waals surface area contributed by atoms with Crippen molar-refractivity contribution in [2.45, 2.75) is 19.4 Å². The molecule has 1 aromatic heterocycles. The Balaban J connectivity index is 2.34. The van der Waals surface area contributed by atoms with Crippen LogP contribution in [0.25, 0.3) is 0 Å². The molecule has 2 aromatic rings. The van der Waals surface area contributed by atoms with Gasteiger partial charge in [-0.3, -0.25) is 0 Å². The summed E-state index contributed by atoms with van der Waals surface area (Å²) in [6.45, 7) is 1.84. The minimum atomic E-state index is -1.16. The molecule has 5 nitrogen and oxygen atoms in total. The summed E-state index contributed by atoms with van der Waals surface area (Å²) in [6, 6.07) is 5.19. The van der Waals surface area contributed by atoms with E-state index in [2.05, 4.69) is 4.98 Å². The lowest BCUT2D eigenvalue weighted by Gasteiger charge is -2.15. The molecule has 0 aliphatic rings. The number of carboxylic acids is 1. The van der Waals surface area contributed by atoms with Gasteiger partial charge in [-0.15, -0.1) is 0 Å². The Bertz CT molecular complexity index is 692. The lowest BCUT2D eigenvalue weighted by Crippen LogP contribution is -2.11. The van der Waals surface area contributed by atoms with Gasteiger partial charge in [0.2, 0.25) is 0 Å². The maximum Gasteiger partial charge on any atom is 0.354 e. The Hall–Kier alpha value is -2.18. The summed E-state index contributed by atoms with van der Waals surface area (Å²) in [5.74, 6) is -1.78. The molecule has 2 rings (SSSR count). The SMILES string of the molecule is CC[C@@H](N)c1ccc(Cl)c(Oc2ccc(C(=O)O)nc2)c1F. The van der Waals surface area contributed by atoms with Gasteiger partial charge in [-0.1, -0.05) is 24.6 Å². The summed E-state index contributed by atoms with van der Waals surface area (Å²) in [5, 5.41) is 8.87. The van der Waals surface area contributed by atoms with Gasteiger partial charge in [0.05, 0.1) is 11.2 Å². The summed E-state index contributed by atoms with van der Waals surface area (Å²) >= 11 is 5.96. The minimum Gasteiger partial charge on any atom is -0.477 e. The van der Waals surface area contributed by atoms with Gasteiger partial charge in [-0.05, 0) is 24.6 Å². The molecule has 22 heavy (non-hydrogen) atoms. The van der Waals surface area contributed by atoms with E-state index in [-0.39, 0.29) is 22.2 Å². The molecule has 0 aliphatic carbocycles. The molecule has 0 radical (unpaired) electrons. The van der Waals surface area contributed by atoms with Crippen LogP contribution in [0.3, 0.4) is 0 Å². The quantitative estimate of drug-likeness (QED) is 0.874. The summed E-state index contributed by atoms with van der Waals surface area (Å²) in [5.41, 5.74) is 6.01. The first-order chi connectivity index (χ1) is 10.4. The van der Waals surface area contributed by atoms with Crippen LogP contribution in [0.5, 0.6) is 11.5 Å². The fourth-order valence-corrected chi connectivity index (χ4v) is 2.02. The number of pyridine rings is 1. The molecule has 0 amide bonds. The maximum absolute atomic E-state index is 14.5. The van der Waals surface area contributed by atoms with Gasteiger partial charge in [-0.25, -0.2) is 14.2 Å². The van der Waals surface area contributed by atoms with E-state index >= 15 is 0 Å². The molecular formula is C15H14ClFN2O3. The third kappa shape index (κ3) is 3.35. The summed E-state index contributed by atoms with van der Waals surface area (Å²) in [4.78, 5) is 14.4. The van der Waals surface area contributed by atoms with Crippen LogP contribution in [-0.2, 0) is 0 Å². The third-order valence-electron chi connectivity index (χ3n) is 3.09. The zero-order valence-electron chi connectivity index (χ0n) is 11.7. The third-order valence-corrected chi connectivity index (χ3v) is 3.39. The minimum absolute atomic E-state index is 0.0897. The Morgan fingerprint density at radius 3 is 2.73 bits per heavy atom. The fraction of sp³-hybridized carbons (Fsp3) is 0.200. The van der Waals surface area contributed by atoms with Gasteiger partial charge in [0.15, 0.2) is 11.6 Å². The number of carboxylic acid groups (broad SMARTS) is 1. The van der Waals surface area contributed by atoms with Crippen molar-refractivity contribution in [3.05, 3.63) is 52.6 Å². The lowest BCUT2D eigenvalue weighted by atomic mass is 10.0. The number of benzene rings is 1. The fourth-order valence-electron chi connectivity index (χ4n) is 1.83. The summed E-state index contributed by atoms with van der Waals surface area (Å²) in [7, 11) is 0. The molecule has 1 aromatic carbocycles. The average molecular weight is 325 g/mol. The van der Waals surface area contributed by atoms with Crippen molar-refractivity contribution in [2.75, 3.05) is 0 Å². The van der Waals surface area contributed by atoms with Crippen LogP contribution >= 0.6 is 11.6 Å². The first kappa shape index (κ1) is 16.2. The Morgan fingerprint density at radius 2 is 2.18 bits per heavy atom. The first-order valence-electron chi connectivity index (χ1n) is 6.54. The second-order valence-corrected chi connectivity index (χ2v) is 4.99. The number of nitrogens with two attached hydrogens (primary N) is 1. The van der Waals surface area contributed by atoms with E-state index in [4.69, 9.17) is 27.2 Å². The van der Waals surface area contributed by atoms with Crippen molar-refractivity contribution in [3.63, 3.8) is 0 Å². The average Bonchev–Trinajstić information content (AvgIpc) is 2.51. The van der Waals surface area contributed by atoms with E-state index < -0.39 is 17.8 Å². The van der Waals surface area contributed by atoms with Crippen LogP contribution in [0.1, 0.15) is 35.4 Å². The molecule has 0 saturated heterocycles. The van der Waals surface area contributed by atoms with E-state index in [9.17, 15) is 9.18 Å². The van der Waals surface area contributed by atoms with Crippen LogP contribution in [0.4, 0.5) is 4.39 Å². The number of hydrogen-bond donors (Lipinski definition) is 2. The zero-order valence-corrected chi connectivity index (χ0v) is 12.5. The van der Waals surface area contributed by atoms with Crippen LogP contribution in [-0.4, -0.2) is 16.1 Å². The molecular weight excluding hydrogens is 311 g/mol. The van der Waals surface area contributed by atoms with E-state index in [1.54, 1.807) is 0 Å². The number of carbonyl (C=O) groups is 1. The number of rotatable bonds is 5. The van der Waals surface area contributed by atoms with Crippen molar-refractivity contribution in [2.24, 2.45) is 5.73 Å². The van der Waals surface area contributed by atoms with E-state index in [1.807, 2.05) is 6.92 Å². The van der Waals surface area contributed by atoms with Crippen molar-refractivity contribution in [1.29, 1.82) is 0 Å². The zero-order chi connectivity index (χ0) is 16.3. The Kier molecular flexibility index (Phi) is 4.95. The monoisotopic (exact) mass is 324 g/mol. The van der Waals surface area contributed by atoms with Crippen LogP contribution in [0, 0.1) is 5.82 Å². The Labute approximate surface area is 131 Å². The molecule has 0 spiro atoms. The van der Waals surface area contributed by atoms with Gasteiger partial charge in [0.1, 0.15) is 11.4 Å². The molecule has 0 aliphatic heterocycles. The number of ether oxygens (including phenoxy) is 1. The van der Waals surface area contributed by atoms with Gasteiger partial charge < -0.3 is 15.6 Å². The van der Waals surface area contributed by atoms with Gasteiger partial charge >= 0.3 is 5.97 Å². The second-order valence-electron chi connectivity index (χ2n) is 4.58. The van der Waals surface area contributed by atoms with Crippen LogP contribution < -0.4 is 10.5 Å². The van der Waals surface area contributed by atoms with Crippen LogP contribution in [0.15, 0.2) is 30.5 Å². The van der Waals surface area contributed by atoms with Crippen molar-refractivity contribution < 1.29 is 19.0 Å². The lowest BCUT2D eigenvalue weighted by molar-refractivity contribution is 0.0690. The van der Waals surface area contributed by atoms with Gasteiger partial charge in [0, 0.05) is 11.6 Å². The van der Waals surface area contributed by atoms with Crippen molar-refractivity contribution >= 4 is 17.6 Å². The number of nitrogens with zero attached hydrogens (tertiary/aromatic N) is 1. The first-order valence-corrected chi connectivity index (χ1v) is 6.92. The molecule has 1 heterocycles. The molecule has 3 N–H and O–H groups in total. The number of halogens is 2. The topological polar surface area (TPSA) is 85.4 Å². The normalized spacial score (nSPS) is 12.0. The largest absolute Gasteiger partial charge is 0.477 e. The number of aromatic nitrogens is 1. The highest BCUT2D eigenvalue weighted by molar-refractivity contribution is 6.32. The van der Waals surface area contributed by atoms with Crippen molar-refractivity contribution in [3.8, 4) is 11.5 Å². The van der Waals surface area contributed by atoms with Gasteiger partial charge in [-0.2, -0.15) is 0 Å². The highest BCUT2D eigenvalue weighted by Gasteiger charge is 2.18. The van der Waals surface area contributed by atoms with E-state index in [0.29, 0.717) is 12.0 Å². The van der Waals surface area contributed by atoms with Crippen molar-refractivity contribution in [1.82, 2.24) is 4.98 Å². The smallest absolute Gasteiger partial charge is 0.354 e. The number of aromatic carboxylic acids is 1. The molecule has 1 atom stereocenters. The molecule has 0 saturated carbocycles. The predicted octanol–water partition coefficient (Wildman–Crippen LogP) is 3.77. The standard InChI is InChI=1S/C15H14ClFN2O3/c1-2-11(18)9-4-5-10(16)14(13(9)17)22-8-3-6-12(15(20)21)19-7-8/h3-7,11H,2,18H2,1H3,(H,20,21)/t11-/m1/s1.